The van der Waals surface area contributed by atoms with Crippen LogP contribution in [0.3, 0.4) is 0 Å². The Labute approximate surface area is 236 Å². The van der Waals surface area contributed by atoms with Gasteiger partial charge in [0.1, 0.15) is 46.5 Å². The molecule has 198 valence electrons. The first-order valence-electron chi connectivity index (χ1n) is 12.0. The molecule has 2 amide bonds. The van der Waals surface area contributed by atoms with E-state index in [2.05, 4.69) is 66.0 Å². The summed E-state index contributed by atoms with van der Waals surface area (Å²) >= 11 is 6.86. The van der Waals surface area contributed by atoms with E-state index < -0.39 is 6.04 Å². The highest BCUT2D eigenvalue weighted by Gasteiger charge is 2.49. The first kappa shape index (κ1) is 26.4. The van der Waals surface area contributed by atoms with Crippen molar-refractivity contribution in [3.8, 4) is 5.75 Å². The van der Waals surface area contributed by atoms with Crippen LogP contribution in [0.15, 0.2) is 45.7 Å². The smallest absolute Gasteiger partial charge is 0.248 e. The molecule has 3 aromatic heterocycles. The quantitative estimate of drug-likeness (QED) is 0.300. The highest BCUT2D eigenvalue weighted by atomic mass is 79.9. The third-order valence-electron chi connectivity index (χ3n) is 7.40. The van der Waals surface area contributed by atoms with Gasteiger partial charge in [-0.25, -0.2) is 15.0 Å². The third-order valence-corrected chi connectivity index (χ3v) is 8.46. The van der Waals surface area contributed by atoms with Crippen LogP contribution in [0.4, 0.5) is 11.6 Å². The Balaban J connectivity index is 1.54. The maximum atomic E-state index is 14.0. The number of aromatic nitrogens is 4. The van der Waals surface area contributed by atoms with Gasteiger partial charge in [-0.05, 0) is 68.8 Å². The molecular weight excluding hydrogens is 618 g/mol. The number of nitrogens with zero attached hydrogens (tertiary/aromatic N) is 5. The van der Waals surface area contributed by atoms with E-state index >= 15 is 0 Å². The largest absolute Gasteiger partial charge is 0.495 e. The predicted octanol–water partition coefficient (Wildman–Crippen LogP) is 4.75. The number of amides is 2. The highest BCUT2D eigenvalue weighted by molar-refractivity contribution is 9.10. The van der Waals surface area contributed by atoms with Gasteiger partial charge in [0.05, 0.1) is 22.5 Å². The Kier molecular flexibility index (Phi) is 6.80. The molecule has 3 N–H and O–H groups in total. The Hall–Kier alpha value is -3.25. The fourth-order valence-corrected chi connectivity index (χ4v) is 6.02. The van der Waals surface area contributed by atoms with Gasteiger partial charge < -0.3 is 25.3 Å². The Bertz CT molecular complexity index is 1590. The molecule has 0 saturated carbocycles. The van der Waals surface area contributed by atoms with Crippen molar-refractivity contribution in [3.05, 3.63) is 45.7 Å². The first-order chi connectivity index (χ1) is 18.0. The summed E-state index contributed by atoms with van der Waals surface area (Å²) in [5.74, 6) is 0.859. The van der Waals surface area contributed by atoms with Gasteiger partial charge in [-0.2, -0.15) is 0 Å². The average molecular weight is 645 g/mol. The summed E-state index contributed by atoms with van der Waals surface area (Å²) in [5.41, 5.74) is 7.23. The number of anilines is 2. The first-order valence-corrected chi connectivity index (χ1v) is 13.6. The van der Waals surface area contributed by atoms with Crippen LogP contribution in [0.1, 0.15) is 27.2 Å². The van der Waals surface area contributed by atoms with Gasteiger partial charge in [-0.3, -0.25) is 9.59 Å². The molecule has 10 nitrogen and oxygen atoms in total. The van der Waals surface area contributed by atoms with E-state index in [1.807, 2.05) is 23.6 Å². The van der Waals surface area contributed by atoms with E-state index in [9.17, 15) is 9.59 Å². The van der Waals surface area contributed by atoms with Gasteiger partial charge >= 0.3 is 0 Å². The number of fused-ring (bicyclic) bond motifs is 3. The number of rotatable bonds is 5. The summed E-state index contributed by atoms with van der Waals surface area (Å²) in [5, 5.41) is 4.33. The topological polar surface area (TPSA) is 128 Å². The molecule has 0 radical (unpaired) electrons. The third kappa shape index (κ3) is 4.49. The summed E-state index contributed by atoms with van der Waals surface area (Å²) in [7, 11) is 1.58. The van der Waals surface area contributed by atoms with E-state index in [4.69, 9.17) is 10.5 Å². The number of methoxy groups -OCH3 is 1. The number of nitrogen functional groups attached to an aromatic ring is 1. The predicted molar refractivity (Wildman–Crippen MR) is 153 cm³/mol. The standard InChI is InChI=1S/C26H27Br2N7O3/c1-13-26(2,3)10-17(25(37)33-20-7-5-6-19(28)32-20)35(13)21(36)11-34-16-9-18(38-4)15(27)8-14(16)22-23(29)30-12-31-24(22)34/h5-9,12-13,17H,10-11H2,1-4H3,(H2,29,30,31)(H,32,33,37)/t13-,17+/m1/s1. The van der Waals surface area contributed by atoms with Crippen LogP contribution in [-0.4, -0.2) is 55.4 Å². The summed E-state index contributed by atoms with van der Waals surface area (Å²) in [6.07, 6.45) is 1.90. The van der Waals surface area contributed by atoms with E-state index in [1.54, 1.807) is 30.2 Å². The van der Waals surface area contributed by atoms with E-state index in [-0.39, 0.29) is 29.8 Å². The van der Waals surface area contributed by atoms with Gasteiger partial charge in [-0.15, -0.1) is 0 Å². The van der Waals surface area contributed by atoms with Crippen molar-refractivity contribution in [2.45, 2.75) is 45.8 Å². The lowest BCUT2D eigenvalue weighted by molar-refractivity contribution is -0.139. The number of nitrogens with one attached hydrogen (secondary N) is 1. The summed E-state index contributed by atoms with van der Waals surface area (Å²) in [4.78, 5) is 42.1. The van der Waals surface area contributed by atoms with Crippen LogP contribution >= 0.6 is 31.9 Å². The monoisotopic (exact) mass is 643 g/mol. The van der Waals surface area contributed by atoms with E-state index in [1.165, 1.54) is 6.33 Å². The number of hydrogen-bond acceptors (Lipinski definition) is 7. The maximum Gasteiger partial charge on any atom is 0.248 e. The average Bonchev–Trinajstić information content (AvgIpc) is 3.29. The van der Waals surface area contributed by atoms with Crippen LogP contribution < -0.4 is 15.8 Å². The number of ether oxygens (including phenoxy) is 1. The number of benzene rings is 1. The molecule has 4 heterocycles. The minimum absolute atomic E-state index is 0.0411. The molecule has 4 aromatic rings. The molecule has 0 spiro atoms. The number of halogens is 2. The van der Waals surface area contributed by atoms with Crippen molar-refractivity contribution >= 4 is 77.2 Å². The molecule has 38 heavy (non-hydrogen) atoms. The molecule has 12 heteroatoms. The number of likely N-dealkylation sites (tertiary alicyclic amines) is 1. The SMILES string of the molecule is COc1cc2c(cc1Br)c1c(N)ncnc1n2CC(=O)N1[C@H](C(=O)Nc2cccc(Br)n2)CC(C)(C)[C@H]1C. The minimum Gasteiger partial charge on any atom is -0.495 e. The van der Waals surface area contributed by atoms with E-state index in [0.717, 1.165) is 15.4 Å². The van der Waals surface area contributed by atoms with Crippen LogP contribution in [0.5, 0.6) is 5.75 Å². The second-order valence-electron chi connectivity index (χ2n) is 10.1. The molecule has 1 saturated heterocycles. The van der Waals surface area contributed by atoms with Crippen molar-refractivity contribution in [1.29, 1.82) is 0 Å². The second kappa shape index (κ2) is 9.81. The minimum atomic E-state index is -0.662. The number of carbonyl (C=O) groups is 2. The molecule has 1 aromatic carbocycles. The molecule has 0 bridgehead atoms. The molecule has 1 aliphatic heterocycles. The lowest BCUT2D eigenvalue weighted by Crippen LogP contribution is -2.48. The normalized spacial score (nSPS) is 18.7. The zero-order chi connectivity index (χ0) is 27.4. The molecule has 0 aliphatic carbocycles. The van der Waals surface area contributed by atoms with Gasteiger partial charge in [0.25, 0.3) is 0 Å². The molecule has 1 fully saturated rings. The van der Waals surface area contributed by atoms with Crippen molar-refractivity contribution in [1.82, 2.24) is 24.4 Å². The summed E-state index contributed by atoms with van der Waals surface area (Å²) in [6.45, 7) is 6.08. The Morgan fingerprint density at radius 3 is 2.71 bits per heavy atom. The Morgan fingerprint density at radius 2 is 2.00 bits per heavy atom. The van der Waals surface area contributed by atoms with Crippen molar-refractivity contribution in [2.24, 2.45) is 5.41 Å². The van der Waals surface area contributed by atoms with Crippen molar-refractivity contribution in [2.75, 3.05) is 18.2 Å². The number of hydrogen-bond donors (Lipinski definition) is 2. The van der Waals surface area contributed by atoms with Crippen LogP contribution in [0, 0.1) is 5.41 Å². The van der Waals surface area contributed by atoms with Gasteiger partial charge in [0.15, 0.2) is 0 Å². The zero-order valence-electron chi connectivity index (χ0n) is 21.3. The van der Waals surface area contributed by atoms with Gasteiger partial charge in [0.2, 0.25) is 11.8 Å². The molecule has 0 unspecified atom stereocenters. The fraction of sp³-hybridized carbons (Fsp3) is 0.346. The number of carbonyl (C=O) groups excluding carboxylic acids is 2. The number of nitrogens with two attached hydrogens (primary N) is 1. The number of pyridine rings is 1. The second-order valence-corrected chi connectivity index (χ2v) is 11.7. The molecule has 5 rings (SSSR count). The lowest BCUT2D eigenvalue weighted by atomic mass is 9.84. The summed E-state index contributed by atoms with van der Waals surface area (Å²) < 4.78 is 8.67. The fourth-order valence-electron chi connectivity index (χ4n) is 5.18. The maximum absolute atomic E-state index is 14.0. The molecule has 2 atom stereocenters. The lowest BCUT2D eigenvalue weighted by Gasteiger charge is -2.31. The van der Waals surface area contributed by atoms with E-state index in [0.29, 0.717) is 39.4 Å². The van der Waals surface area contributed by atoms with Gasteiger partial charge in [0, 0.05) is 17.5 Å². The van der Waals surface area contributed by atoms with Crippen LogP contribution in [-0.2, 0) is 16.1 Å². The van der Waals surface area contributed by atoms with Crippen LogP contribution in [0.2, 0.25) is 0 Å². The molecule has 1 aliphatic rings. The molecular formula is C26H27Br2N7O3. The van der Waals surface area contributed by atoms with Crippen molar-refractivity contribution < 1.29 is 14.3 Å². The van der Waals surface area contributed by atoms with Crippen molar-refractivity contribution in [3.63, 3.8) is 0 Å². The Morgan fingerprint density at radius 1 is 1.24 bits per heavy atom. The highest BCUT2D eigenvalue weighted by Crippen LogP contribution is 2.42. The zero-order valence-corrected chi connectivity index (χ0v) is 24.5. The van der Waals surface area contributed by atoms with Crippen LogP contribution in [0.25, 0.3) is 21.9 Å². The van der Waals surface area contributed by atoms with Gasteiger partial charge in [-0.1, -0.05) is 19.9 Å². The summed E-state index contributed by atoms with van der Waals surface area (Å²) in [6, 6.07) is 8.17.